The van der Waals surface area contributed by atoms with Crippen LogP contribution in [0.2, 0.25) is 4.34 Å². The van der Waals surface area contributed by atoms with E-state index in [1.54, 1.807) is 37.3 Å². The number of halogens is 1. The van der Waals surface area contributed by atoms with Crippen LogP contribution in [0.1, 0.15) is 10.4 Å². The molecule has 0 saturated heterocycles. The van der Waals surface area contributed by atoms with E-state index in [1.165, 1.54) is 17.4 Å². The van der Waals surface area contributed by atoms with E-state index in [1.807, 2.05) is 24.3 Å². The second-order valence-electron chi connectivity index (χ2n) is 5.15. The predicted molar refractivity (Wildman–Crippen MR) is 104 cm³/mol. The molecule has 1 amide bonds. The van der Waals surface area contributed by atoms with Crippen LogP contribution in [0.3, 0.4) is 0 Å². The van der Waals surface area contributed by atoms with Gasteiger partial charge in [0.25, 0.3) is 0 Å². The molecule has 0 aliphatic carbocycles. The second kappa shape index (κ2) is 9.30. The number of hydrogen-bond donors (Lipinski definition) is 0. The van der Waals surface area contributed by atoms with Gasteiger partial charge >= 0.3 is 0 Å². The van der Waals surface area contributed by atoms with Gasteiger partial charge < -0.3 is 14.4 Å². The van der Waals surface area contributed by atoms with Crippen molar-refractivity contribution < 1.29 is 14.3 Å². The molecule has 1 heterocycles. The number of ether oxygens (including phenoxy) is 2. The second-order valence-corrected chi connectivity index (χ2v) is 6.95. The van der Waals surface area contributed by atoms with Gasteiger partial charge in [-0.15, -0.1) is 17.9 Å². The van der Waals surface area contributed by atoms with Crippen molar-refractivity contribution in [2.24, 2.45) is 0 Å². The molecule has 1 aromatic heterocycles. The molecule has 0 aliphatic rings. The van der Waals surface area contributed by atoms with E-state index in [0.29, 0.717) is 28.9 Å². The quantitative estimate of drug-likeness (QED) is 0.496. The van der Waals surface area contributed by atoms with Gasteiger partial charge in [0, 0.05) is 29.1 Å². The lowest BCUT2D eigenvalue weighted by molar-refractivity contribution is -0.126. The molecule has 132 valence electrons. The minimum absolute atomic E-state index is 0.109. The molecule has 4 nitrogen and oxygen atoms in total. The first-order valence-corrected chi connectivity index (χ1v) is 8.81. The van der Waals surface area contributed by atoms with E-state index in [-0.39, 0.29) is 5.91 Å². The molecule has 0 atom stereocenters. The third kappa shape index (κ3) is 5.37. The fourth-order valence-electron chi connectivity index (χ4n) is 2.24. The molecule has 0 bridgehead atoms. The van der Waals surface area contributed by atoms with Crippen molar-refractivity contribution in [3.63, 3.8) is 0 Å². The van der Waals surface area contributed by atoms with Gasteiger partial charge in [-0.3, -0.25) is 4.79 Å². The third-order valence-corrected chi connectivity index (χ3v) is 4.70. The first kappa shape index (κ1) is 19.1. The minimum Gasteiger partial charge on any atom is -0.497 e. The molecular weight excluding hydrogens is 358 g/mol. The molecule has 0 spiro atoms. The van der Waals surface area contributed by atoms with E-state index < -0.39 is 0 Å². The average molecular weight is 378 g/mol. The summed E-state index contributed by atoms with van der Waals surface area (Å²) >= 11 is 7.42. The molecule has 0 unspecified atom stereocenters. The first-order chi connectivity index (χ1) is 12.1. The van der Waals surface area contributed by atoms with Gasteiger partial charge in [0.15, 0.2) is 0 Å². The fourth-order valence-corrected chi connectivity index (χ4v) is 3.34. The molecule has 0 saturated carbocycles. The Labute approximate surface area is 156 Å². The normalized spacial score (nSPS) is 10.7. The van der Waals surface area contributed by atoms with Gasteiger partial charge in [-0.25, -0.2) is 0 Å². The number of thiophene rings is 1. The van der Waals surface area contributed by atoms with Crippen molar-refractivity contribution >= 4 is 34.9 Å². The lowest BCUT2D eigenvalue weighted by Gasteiger charge is -2.18. The Hall–Kier alpha value is -2.24. The summed E-state index contributed by atoms with van der Waals surface area (Å²) < 4.78 is 11.2. The number of amides is 1. The number of nitrogens with zero attached hydrogens (tertiary/aromatic N) is 1. The van der Waals surface area contributed by atoms with Crippen molar-refractivity contribution in [2.75, 3.05) is 20.8 Å². The van der Waals surface area contributed by atoms with Crippen molar-refractivity contribution in [1.82, 2.24) is 4.90 Å². The smallest absolute Gasteiger partial charge is 0.247 e. The van der Waals surface area contributed by atoms with Crippen LogP contribution < -0.4 is 9.47 Å². The first-order valence-electron chi connectivity index (χ1n) is 7.61. The summed E-state index contributed by atoms with van der Waals surface area (Å²) in [7, 11) is 3.18. The number of hydrogen-bond acceptors (Lipinski definition) is 4. The van der Waals surface area contributed by atoms with Gasteiger partial charge in [0.05, 0.1) is 25.1 Å². The number of benzene rings is 1. The molecule has 25 heavy (non-hydrogen) atoms. The molecule has 6 heteroatoms. The maximum atomic E-state index is 12.5. The summed E-state index contributed by atoms with van der Waals surface area (Å²) in [6.07, 6.45) is 4.97. The number of methoxy groups -OCH3 is 2. The molecule has 0 fully saturated rings. The molecule has 1 aromatic carbocycles. The minimum atomic E-state index is -0.109. The monoisotopic (exact) mass is 377 g/mol. The SMILES string of the molecule is C=CCN(Cc1ccc(Cl)s1)C(=O)/C=C/c1ccc(OC)cc1OC. The Morgan fingerprint density at radius 2 is 2.08 bits per heavy atom. The lowest BCUT2D eigenvalue weighted by atomic mass is 10.1. The van der Waals surface area contributed by atoms with E-state index in [2.05, 4.69) is 6.58 Å². The van der Waals surface area contributed by atoms with Gasteiger partial charge in [-0.05, 0) is 30.3 Å². The zero-order chi connectivity index (χ0) is 18.2. The summed E-state index contributed by atoms with van der Waals surface area (Å²) in [5.41, 5.74) is 0.800. The van der Waals surface area contributed by atoms with Crippen molar-refractivity contribution in [3.8, 4) is 11.5 Å². The molecule has 2 rings (SSSR count). The summed E-state index contributed by atoms with van der Waals surface area (Å²) in [6.45, 7) is 4.67. The number of rotatable bonds is 8. The van der Waals surface area contributed by atoms with Crippen molar-refractivity contribution in [3.05, 3.63) is 63.8 Å². The van der Waals surface area contributed by atoms with Crippen LogP contribution in [0.25, 0.3) is 6.08 Å². The lowest BCUT2D eigenvalue weighted by Crippen LogP contribution is -2.28. The largest absolute Gasteiger partial charge is 0.497 e. The maximum Gasteiger partial charge on any atom is 0.247 e. The molecular formula is C19H20ClNO3S. The van der Waals surface area contributed by atoms with Crippen LogP contribution in [0.4, 0.5) is 0 Å². The van der Waals surface area contributed by atoms with Crippen LogP contribution in [0.15, 0.2) is 49.1 Å². The Morgan fingerprint density at radius 3 is 2.68 bits per heavy atom. The third-order valence-electron chi connectivity index (χ3n) is 3.48. The topological polar surface area (TPSA) is 38.8 Å². The maximum absolute atomic E-state index is 12.5. The van der Waals surface area contributed by atoms with Gasteiger partial charge in [0.1, 0.15) is 11.5 Å². The highest BCUT2D eigenvalue weighted by Gasteiger charge is 2.12. The summed E-state index contributed by atoms with van der Waals surface area (Å²) in [5, 5.41) is 0. The molecule has 0 aliphatic heterocycles. The van der Waals surface area contributed by atoms with Crippen LogP contribution in [0, 0.1) is 0 Å². The summed E-state index contributed by atoms with van der Waals surface area (Å²) in [6, 6.07) is 9.20. The number of carbonyl (C=O) groups excluding carboxylic acids is 1. The Kier molecular flexibility index (Phi) is 7.10. The predicted octanol–water partition coefficient (Wildman–Crippen LogP) is 4.65. The Balaban J connectivity index is 2.14. The Morgan fingerprint density at radius 1 is 1.28 bits per heavy atom. The zero-order valence-electron chi connectivity index (χ0n) is 14.2. The fraction of sp³-hybridized carbons (Fsp3) is 0.211. The average Bonchev–Trinajstić information content (AvgIpc) is 3.04. The van der Waals surface area contributed by atoms with Crippen LogP contribution in [0.5, 0.6) is 11.5 Å². The molecule has 2 aromatic rings. The van der Waals surface area contributed by atoms with E-state index in [0.717, 1.165) is 10.4 Å². The molecule has 0 N–H and O–H groups in total. The highest BCUT2D eigenvalue weighted by molar-refractivity contribution is 7.16. The van der Waals surface area contributed by atoms with E-state index >= 15 is 0 Å². The van der Waals surface area contributed by atoms with Gasteiger partial charge in [-0.2, -0.15) is 0 Å². The standard InChI is InChI=1S/C19H20ClNO3S/c1-4-11-21(13-16-8-9-18(20)25-16)19(22)10-6-14-5-7-15(23-2)12-17(14)24-3/h4-10,12H,1,11,13H2,2-3H3/b10-6+. The van der Waals surface area contributed by atoms with E-state index in [9.17, 15) is 4.79 Å². The van der Waals surface area contributed by atoms with Crippen LogP contribution in [-0.2, 0) is 11.3 Å². The van der Waals surface area contributed by atoms with Crippen LogP contribution >= 0.6 is 22.9 Å². The number of carbonyl (C=O) groups is 1. The summed E-state index contributed by atoms with van der Waals surface area (Å²) in [4.78, 5) is 15.3. The van der Waals surface area contributed by atoms with Crippen molar-refractivity contribution in [1.29, 1.82) is 0 Å². The summed E-state index contributed by atoms with van der Waals surface area (Å²) in [5.74, 6) is 1.23. The van der Waals surface area contributed by atoms with Gasteiger partial charge in [0.2, 0.25) is 5.91 Å². The Bertz CT molecular complexity index is 770. The highest BCUT2D eigenvalue weighted by atomic mass is 35.5. The van der Waals surface area contributed by atoms with E-state index in [4.69, 9.17) is 21.1 Å². The van der Waals surface area contributed by atoms with Gasteiger partial charge in [-0.1, -0.05) is 17.7 Å². The molecule has 0 radical (unpaired) electrons. The highest BCUT2D eigenvalue weighted by Crippen LogP contribution is 2.26. The van der Waals surface area contributed by atoms with Crippen LogP contribution in [-0.4, -0.2) is 31.6 Å². The zero-order valence-corrected chi connectivity index (χ0v) is 15.8. The van der Waals surface area contributed by atoms with Crippen molar-refractivity contribution in [2.45, 2.75) is 6.54 Å².